The number of pyridine rings is 1. The number of ether oxygens (including phenoxy) is 1. The molecule has 26 heavy (non-hydrogen) atoms. The number of aromatic nitrogens is 2. The van der Waals surface area contributed by atoms with E-state index in [1.54, 1.807) is 30.5 Å². The summed E-state index contributed by atoms with van der Waals surface area (Å²) in [7, 11) is 0. The lowest BCUT2D eigenvalue weighted by molar-refractivity contribution is -0.144. The van der Waals surface area contributed by atoms with Gasteiger partial charge in [-0.25, -0.2) is 9.78 Å². The highest BCUT2D eigenvalue weighted by Gasteiger charge is 2.31. The van der Waals surface area contributed by atoms with Gasteiger partial charge in [0.15, 0.2) is 11.9 Å². The maximum Gasteiger partial charge on any atom is 0.417 e. The van der Waals surface area contributed by atoms with Gasteiger partial charge >= 0.3 is 12.1 Å². The van der Waals surface area contributed by atoms with Crippen molar-refractivity contribution in [2.45, 2.75) is 19.2 Å². The average molecular weight is 385 g/mol. The minimum atomic E-state index is -4.54. The normalized spacial score (nSPS) is 13.0. The van der Waals surface area contributed by atoms with Crippen molar-refractivity contribution in [3.63, 3.8) is 0 Å². The minimum Gasteiger partial charge on any atom is -0.479 e. The van der Waals surface area contributed by atoms with Gasteiger partial charge in [0.05, 0.1) is 16.1 Å². The Morgan fingerprint density at radius 1 is 1.31 bits per heavy atom. The summed E-state index contributed by atoms with van der Waals surface area (Å²) in [5, 5.41) is 9.53. The molecule has 1 N–H and O–H groups in total. The monoisotopic (exact) mass is 384 g/mol. The molecule has 1 aromatic carbocycles. The molecule has 1 atom stereocenters. The Bertz CT molecular complexity index is 985. The van der Waals surface area contributed by atoms with E-state index < -0.39 is 23.8 Å². The van der Waals surface area contributed by atoms with Crippen LogP contribution >= 0.6 is 11.6 Å². The van der Waals surface area contributed by atoms with Crippen LogP contribution in [0.1, 0.15) is 12.5 Å². The fraction of sp³-hybridized carbons (Fsp3) is 0.176. The first-order valence-electron chi connectivity index (χ1n) is 7.40. The predicted octanol–water partition coefficient (Wildman–Crippen LogP) is 4.55. The summed E-state index contributed by atoms with van der Waals surface area (Å²) < 4.78 is 45.1. The summed E-state index contributed by atoms with van der Waals surface area (Å²) in [5.74, 6) is -0.693. The van der Waals surface area contributed by atoms with Gasteiger partial charge in [-0.2, -0.15) is 13.2 Å². The van der Waals surface area contributed by atoms with Crippen LogP contribution in [0.2, 0.25) is 5.02 Å². The van der Waals surface area contributed by atoms with Gasteiger partial charge < -0.3 is 9.84 Å². The van der Waals surface area contributed by atoms with Crippen molar-refractivity contribution in [2.24, 2.45) is 0 Å². The smallest absolute Gasteiger partial charge is 0.417 e. The molecule has 2 heterocycles. The lowest BCUT2D eigenvalue weighted by Crippen LogP contribution is -2.22. The van der Waals surface area contributed by atoms with E-state index in [1.807, 2.05) is 0 Å². The highest BCUT2D eigenvalue weighted by molar-refractivity contribution is 6.32. The van der Waals surface area contributed by atoms with E-state index >= 15 is 0 Å². The van der Waals surface area contributed by atoms with E-state index in [9.17, 15) is 18.0 Å². The molecule has 5 nitrogen and oxygen atoms in total. The van der Waals surface area contributed by atoms with Crippen LogP contribution in [0, 0.1) is 0 Å². The van der Waals surface area contributed by atoms with Gasteiger partial charge in [0, 0.05) is 23.8 Å². The maximum absolute atomic E-state index is 12.8. The Balaban J connectivity index is 2.04. The Kier molecular flexibility index (Phi) is 4.53. The Morgan fingerprint density at radius 2 is 2.04 bits per heavy atom. The predicted molar refractivity (Wildman–Crippen MR) is 88.8 cm³/mol. The Hall–Kier alpha value is -2.74. The van der Waals surface area contributed by atoms with Crippen LogP contribution in [0.5, 0.6) is 5.75 Å². The van der Waals surface area contributed by atoms with Crippen LogP contribution in [0.4, 0.5) is 13.2 Å². The van der Waals surface area contributed by atoms with Crippen molar-refractivity contribution in [1.29, 1.82) is 0 Å². The number of carbonyl (C=O) groups is 1. The van der Waals surface area contributed by atoms with Crippen LogP contribution in [-0.4, -0.2) is 26.7 Å². The van der Waals surface area contributed by atoms with Crippen molar-refractivity contribution in [2.75, 3.05) is 0 Å². The molecule has 1 unspecified atom stereocenters. The zero-order valence-electron chi connectivity index (χ0n) is 13.3. The zero-order valence-corrected chi connectivity index (χ0v) is 14.0. The number of aliphatic carboxylic acids is 1. The molecule has 0 bridgehead atoms. The fourth-order valence-corrected chi connectivity index (χ4v) is 2.64. The molecule has 0 saturated carbocycles. The van der Waals surface area contributed by atoms with Crippen LogP contribution in [0.15, 0.2) is 42.7 Å². The SMILES string of the molecule is CC(Oc1ccc2ccn(-c3ncc(C(F)(F)F)cc3Cl)c2c1)C(=O)O. The molecular formula is C17H12ClF3N2O3. The number of carboxylic acids is 1. The second kappa shape index (κ2) is 6.53. The van der Waals surface area contributed by atoms with E-state index in [-0.39, 0.29) is 10.8 Å². The molecular weight excluding hydrogens is 373 g/mol. The van der Waals surface area contributed by atoms with Gasteiger partial charge in [-0.3, -0.25) is 4.57 Å². The molecule has 0 fully saturated rings. The minimum absolute atomic E-state index is 0.123. The summed E-state index contributed by atoms with van der Waals surface area (Å²) in [4.78, 5) is 14.7. The molecule has 0 saturated heterocycles. The van der Waals surface area contributed by atoms with Crippen LogP contribution in [0.25, 0.3) is 16.7 Å². The highest BCUT2D eigenvalue weighted by Crippen LogP contribution is 2.33. The van der Waals surface area contributed by atoms with Crippen LogP contribution in [-0.2, 0) is 11.0 Å². The number of carboxylic acid groups (broad SMARTS) is 1. The Morgan fingerprint density at radius 3 is 2.65 bits per heavy atom. The summed E-state index contributed by atoms with van der Waals surface area (Å²) in [5.41, 5.74) is -0.378. The first-order valence-corrected chi connectivity index (χ1v) is 7.78. The van der Waals surface area contributed by atoms with E-state index in [4.69, 9.17) is 21.4 Å². The molecule has 3 aromatic rings. The van der Waals surface area contributed by atoms with Crippen LogP contribution in [0.3, 0.4) is 0 Å². The largest absolute Gasteiger partial charge is 0.479 e. The number of hydrogen-bond acceptors (Lipinski definition) is 3. The van der Waals surface area contributed by atoms with Crippen molar-refractivity contribution < 1.29 is 27.8 Å². The lowest BCUT2D eigenvalue weighted by Gasteiger charge is -2.12. The Labute approximate surface area is 150 Å². The molecule has 0 aliphatic heterocycles. The quantitative estimate of drug-likeness (QED) is 0.716. The molecule has 0 spiro atoms. The van der Waals surface area contributed by atoms with Crippen LogP contribution < -0.4 is 4.74 Å². The molecule has 9 heteroatoms. The first-order chi connectivity index (χ1) is 12.2. The third-order valence-corrected chi connectivity index (χ3v) is 3.98. The van der Waals surface area contributed by atoms with Gasteiger partial charge in [0.1, 0.15) is 5.75 Å². The summed E-state index contributed by atoms with van der Waals surface area (Å²) in [6.45, 7) is 1.39. The molecule has 0 aliphatic carbocycles. The van der Waals surface area contributed by atoms with Gasteiger partial charge in [-0.1, -0.05) is 11.6 Å². The first kappa shape index (κ1) is 18.1. The number of hydrogen-bond donors (Lipinski definition) is 1. The molecule has 2 aromatic heterocycles. The van der Waals surface area contributed by atoms with Crippen molar-refractivity contribution in [3.05, 3.63) is 53.3 Å². The third kappa shape index (κ3) is 3.45. The topological polar surface area (TPSA) is 64.4 Å². The van der Waals surface area contributed by atoms with E-state index in [0.29, 0.717) is 17.5 Å². The fourth-order valence-electron chi connectivity index (χ4n) is 2.38. The number of halogens is 4. The number of nitrogens with zero attached hydrogens (tertiary/aromatic N) is 2. The van der Waals surface area contributed by atoms with Crippen molar-refractivity contribution in [1.82, 2.24) is 9.55 Å². The third-order valence-electron chi connectivity index (χ3n) is 3.70. The van der Waals surface area contributed by atoms with Gasteiger partial charge in [0.2, 0.25) is 0 Å². The van der Waals surface area contributed by atoms with Gasteiger partial charge in [-0.05, 0) is 31.2 Å². The molecule has 0 radical (unpaired) electrons. The van der Waals surface area contributed by atoms with Gasteiger partial charge in [0.25, 0.3) is 0 Å². The molecule has 0 aliphatic rings. The molecule has 0 amide bonds. The van der Waals surface area contributed by atoms with Crippen molar-refractivity contribution in [3.8, 4) is 11.6 Å². The van der Waals surface area contributed by atoms with Gasteiger partial charge in [-0.15, -0.1) is 0 Å². The lowest BCUT2D eigenvalue weighted by atomic mass is 10.2. The van der Waals surface area contributed by atoms with E-state index in [1.165, 1.54) is 11.5 Å². The standard InChI is InChI=1S/C17H12ClF3N2O3/c1-9(16(24)25)26-12-3-2-10-4-5-23(14(10)7-12)15-13(18)6-11(8-22-15)17(19,20)21/h2-9H,1H3,(H,24,25). The average Bonchev–Trinajstić information content (AvgIpc) is 2.96. The number of fused-ring (bicyclic) bond motifs is 1. The molecule has 136 valence electrons. The summed E-state index contributed by atoms with van der Waals surface area (Å²) in [6, 6.07) is 7.42. The molecule has 3 rings (SSSR count). The highest BCUT2D eigenvalue weighted by atomic mass is 35.5. The number of rotatable bonds is 4. The van der Waals surface area contributed by atoms with E-state index in [2.05, 4.69) is 4.98 Å². The summed E-state index contributed by atoms with van der Waals surface area (Å²) in [6.07, 6.45) is -3.28. The maximum atomic E-state index is 12.8. The second-order valence-electron chi connectivity index (χ2n) is 5.53. The number of benzene rings is 1. The zero-order chi connectivity index (χ0) is 19.1. The van der Waals surface area contributed by atoms with Crippen molar-refractivity contribution >= 4 is 28.5 Å². The number of alkyl halides is 3. The summed E-state index contributed by atoms with van der Waals surface area (Å²) >= 11 is 6.00. The van der Waals surface area contributed by atoms with E-state index in [0.717, 1.165) is 11.5 Å². The second-order valence-corrected chi connectivity index (χ2v) is 5.94.